The van der Waals surface area contributed by atoms with E-state index >= 15 is 0 Å². The van der Waals surface area contributed by atoms with Gasteiger partial charge in [0.25, 0.3) is 0 Å². The predicted molar refractivity (Wildman–Crippen MR) is 103 cm³/mol. The number of ether oxygens (including phenoxy) is 3. The lowest BCUT2D eigenvalue weighted by Crippen LogP contribution is -2.37. The number of halogens is 1. The number of carbonyl (C=O) groups excluding carboxylic acids is 1. The standard InChI is InChI=1S/C20H22FNO4S/c1-24-16-8-7-15(18(25-2)19(16)26-3)20-22(17(23)9-10-27-20)12-13-5-4-6-14(21)11-13/h4-8,11,20H,9-10,12H2,1-3H3. The van der Waals surface area contributed by atoms with E-state index in [0.29, 0.717) is 36.0 Å². The van der Waals surface area contributed by atoms with E-state index in [2.05, 4.69) is 0 Å². The van der Waals surface area contributed by atoms with Crippen molar-refractivity contribution in [1.82, 2.24) is 4.90 Å². The van der Waals surface area contributed by atoms with Gasteiger partial charge in [-0.3, -0.25) is 4.79 Å². The van der Waals surface area contributed by atoms with Crippen LogP contribution in [0.2, 0.25) is 0 Å². The summed E-state index contributed by atoms with van der Waals surface area (Å²) in [4.78, 5) is 14.4. The Morgan fingerprint density at radius 2 is 1.89 bits per heavy atom. The fourth-order valence-electron chi connectivity index (χ4n) is 3.20. The van der Waals surface area contributed by atoms with Gasteiger partial charge in [0, 0.05) is 24.3 Å². The Kier molecular flexibility index (Phi) is 6.11. The molecule has 1 saturated heterocycles. The van der Waals surface area contributed by atoms with Gasteiger partial charge in [-0.1, -0.05) is 12.1 Å². The monoisotopic (exact) mass is 391 g/mol. The molecule has 27 heavy (non-hydrogen) atoms. The van der Waals surface area contributed by atoms with Crippen LogP contribution in [0.25, 0.3) is 0 Å². The molecule has 5 nitrogen and oxygen atoms in total. The van der Waals surface area contributed by atoms with Crippen LogP contribution in [0, 0.1) is 5.82 Å². The summed E-state index contributed by atoms with van der Waals surface area (Å²) in [5.74, 6) is 2.00. The van der Waals surface area contributed by atoms with Crippen molar-refractivity contribution in [2.45, 2.75) is 18.3 Å². The lowest BCUT2D eigenvalue weighted by Gasteiger charge is -2.36. The van der Waals surface area contributed by atoms with Crippen LogP contribution in [0.3, 0.4) is 0 Å². The average molecular weight is 391 g/mol. The van der Waals surface area contributed by atoms with Gasteiger partial charge in [-0.05, 0) is 29.8 Å². The molecule has 1 heterocycles. The Hall–Kier alpha value is -2.41. The van der Waals surface area contributed by atoms with Crippen LogP contribution in [0.4, 0.5) is 4.39 Å². The van der Waals surface area contributed by atoms with Gasteiger partial charge in [-0.15, -0.1) is 11.8 Å². The third-order valence-electron chi connectivity index (χ3n) is 4.44. The first-order valence-electron chi connectivity index (χ1n) is 8.53. The molecule has 1 aliphatic heterocycles. The number of amides is 1. The Morgan fingerprint density at radius 1 is 1.11 bits per heavy atom. The van der Waals surface area contributed by atoms with E-state index in [4.69, 9.17) is 14.2 Å². The van der Waals surface area contributed by atoms with Crippen LogP contribution in [0.15, 0.2) is 36.4 Å². The number of nitrogens with zero attached hydrogens (tertiary/aromatic N) is 1. The summed E-state index contributed by atoms with van der Waals surface area (Å²) < 4.78 is 30.0. The molecule has 0 N–H and O–H groups in total. The molecule has 0 spiro atoms. The summed E-state index contributed by atoms with van der Waals surface area (Å²) in [7, 11) is 4.67. The van der Waals surface area contributed by atoms with E-state index < -0.39 is 0 Å². The molecule has 0 saturated carbocycles. The maximum Gasteiger partial charge on any atom is 0.224 e. The molecular formula is C20H22FNO4S. The largest absolute Gasteiger partial charge is 0.493 e. The molecule has 1 unspecified atom stereocenters. The zero-order chi connectivity index (χ0) is 19.4. The van der Waals surface area contributed by atoms with Crippen molar-refractivity contribution < 1.29 is 23.4 Å². The van der Waals surface area contributed by atoms with E-state index in [0.717, 1.165) is 11.1 Å². The van der Waals surface area contributed by atoms with Crippen molar-refractivity contribution >= 4 is 17.7 Å². The maximum absolute atomic E-state index is 13.6. The smallest absolute Gasteiger partial charge is 0.224 e. The minimum atomic E-state index is -0.315. The minimum Gasteiger partial charge on any atom is -0.493 e. The summed E-state index contributed by atoms with van der Waals surface area (Å²) >= 11 is 1.65. The highest BCUT2D eigenvalue weighted by molar-refractivity contribution is 7.99. The van der Waals surface area contributed by atoms with E-state index in [1.54, 1.807) is 50.1 Å². The molecule has 1 aliphatic rings. The third kappa shape index (κ3) is 3.98. The summed E-state index contributed by atoms with van der Waals surface area (Å²) in [6, 6.07) is 10.0. The van der Waals surface area contributed by atoms with Crippen molar-refractivity contribution in [2.75, 3.05) is 27.1 Å². The number of carbonyl (C=O) groups is 1. The minimum absolute atomic E-state index is 0.0276. The SMILES string of the molecule is COc1ccc(C2SCCC(=O)N2Cc2cccc(F)c2)c(OC)c1OC. The lowest BCUT2D eigenvalue weighted by molar-refractivity contribution is -0.132. The van der Waals surface area contributed by atoms with Crippen LogP contribution < -0.4 is 14.2 Å². The highest BCUT2D eigenvalue weighted by Crippen LogP contribution is 2.48. The topological polar surface area (TPSA) is 48.0 Å². The second-order valence-electron chi connectivity index (χ2n) is 6.05. The second kappa shape index (κ2) is 8.52. The molecule has 0 aliphatic carbocycles. The normalized spacial score (nSPS) is 17.0. The summed E-state index contributed by atoms with van der Waals surface area (Å²) in [5, 5.41) is -0.260. The molecule has 0 bridgehead atoms. The first kappa shape index (κ1) is 19.4. The van der Waals surface area contributed by atoms with Crippen LogP contribution >= 0.6 is 11.8 Å². The Bertz CT molecular complexity index is 830. The van der Waals surface area contributed by atoms with Gasteiger partial charge in [0.1, 0.15) is 11.2 Å². The van der Waals surface area contributed by atoms with Crippen LogP contribution in [-0.2, 0) is 11.3 Å². The number of hydrogen-bond donors (Lipinski definition) is 0. The molecule has 0 aromatic heterocycles. The van der Waals surface area contributed by atoms with Crippen molar-refractivity contribution in [3.8, 4) is 17.2 Å². The van der Waals surface area contributed by atoms with Gasteiger partial charge in [0.15, 0.2) is 11.5 Å². The van der Waals surface area contributed by atoms with Gasteiger partial charge in [0.05, 0.1) is 21.3 Å². The number of thioether (sulfide) groups is 1. The molecule has 2 aromatic carbocycles. The fraction of sp³-hybridized carbons (Fsp3) is 0.350. The van der Waals surface area contributed by atoms with E-state index in [-0.39, 0.29) is 17.1 Å². The molecular weight excluding hydrogens is 369 g/mol. The molecule has 144 valence electrons. The van der Waals surface area contributed by atoms with Gasteiger partial charge < -0.3 is 19.1 Å². The predicted octanol–water partition coefficient (Wildman–Crippen LogP) is 4.02. The molecule has 1 fully saturated rings. The maximum atomic E-state index is 13.6. The van der Waals surface area contributed by atoms with Crippen LogP contribution in [0.5, 0.6) is 17.2 Å². The van der Waals surface area contributed by atoms with E-state index in [1.807, 2.05) is 12.1 Å². The van der Waals surface area contributed by atoms with E-state index in [9.17, 15) is 9.18 Å². The number of rotatable bonds is 6. The summed E-state index contributed by atoms with van der Waals surface area (Å²) in [5.41, 5.74) is 1.57. The number of methoxy groups -OCH3 is 3. The van der Waals surface area contributed by atoms with Gasteiger partial charge in [0.2, 0.25) is 11.7 Å². The summed E-state index contributed by atoms with van der Waals surface area (Å²) in [6.45, 7) is 0.325. The molecule has 2 aromatic rings. The van der Waals surface area contributed by atoms with Gasteiger partial charge in [-0.25, -0.2) is 4.39 Å². The molecule has 7 heteroatoms. The molecule has 3 rings (SSSR count). The Balaban J connectivity index is 2.01. The van der Waals surface area contributed by atoms with E-state index in [1.165, 1.54) is 12.1 Å². The average Bonchev–Trinajstić information content (AvgIpc) is 2.68. The third-order valence-corrected chi connectivity index (χ3v) is 5.70. The number of benzene rings is 2. The van der Waals surface area contributed by atoms with Crippen molar-refractivity contribution in [1.29, 1.82) is 0 Å². The van der Waals surface area contributed by atoms with Crippen LogP contribution in [-0.4, -0.2) is 37.9 Å². The molecule has 1 amide bonds. The second-order valence-corrected chi connectivity index (χ2v) is 7.24. The highest BCUT2D eigenvalue weighted by Gasteiger charge is 2.33. The Morgan fingerprint density at radius 3 is 2.56 bits per heavy atom. The first-order chi connectivity index (χ1) is 13.1. The van der Waals surface area contributed by atoms with Crippen molar-refractivity contribution in [2.24, 2.45) is 0 Å². The quantitative estimate of drug-likeness (QED) is 0.745. The summed E-state index contributed by atoms with van der Waals surface area (Å²) in [6.07, 6.45) is 0.450. The Labute approximate surface area is 162 Å². The van der Waals surface area contributed by atoms with Crippen LogP contribution in [0.1, 0.15) is 22.9 Å². The van der Waals surface area contributed by atoms with Gasteiger partial charge in [-0.2, -0.15) is 0 Å². The molecule has 1 atom stereocenters. The van der Waals surface area contributed by atoms with Gasteiger partial charge >= 0.3 is 0 Å². The molecule has 0 radical (unpaired) electrons. The zero-order valence-corrected chi connectivity index (χ0v) is 16.3. The number of hydrogen-bond acceptors (Lipinski definition) is 5. The first-order valence-corrected chi connectivity index (χ1v) is 9.58. The highest BCUT2D eigenvalue weighted by atomic mass is 32.2. The van der Waals surface area contributed by atoms with Crippen molar-refractivity contribution in [3.05, 3.63) is 53.3 Å². The zero-order valence-electron chi connectivity index (χ0n) is 15.5. The fourth-order valence-corrected chi connectivity index (χ4v) is 4.45. The van der Waals surface area contributed by atoms with Crippen molar-refractivity contribution in [3.63, 3.8) is 0 Å². The lowest BCUT2D eigenvalue weighted by atomic mass is 10.1.